The van der Waals surface area contributed by atoms with E-state index in [1.165, 1.54) is 6.07 Å². The Morgan fingerprint density at radius 2 is 1.77 bits per heavy atom. The summed E-state index contributed by atoms with van der Waals surface area (Å²) in [5.41, 5.74) is 1.17. The molecule has 2 N–H and O–H groups in total. The monoisotopic (exact) mass is 358 g/mol. The average molecular weight is 358 g/mol. The number of pyridine rings is 1. The molecule has 0 radical (unpaired) electrons. The van der Waals surface area contributed by atoms with Gasteiger partial charge < -0.3 is 20.1 Å². The number of hydrogen-bond donors (Lipinski definition) is 2. The van der Waals surface area contributed by atoms with Gasteiger partial charge in [0.15, 0.2) is 0 Å². The van der Waals surface area contributed by atoms with Crippen LogP contribution in [0.25, 0.3) is 0 Å². The third kappa shape index (κ3) is 3.22. The minimum atomic E-state index is -0.252. The van der Waals surface area contributed by atoms with Crippen molar-refractivity contribution in [3.63, 3.8) is 0 Å². The molecule has 4 rings (SSSR count). The average Bonchev–Trinajstić information content (AvgIpc) is 2.85. The molecule has 1 aromatic heterocycles. The highest BCUT2D eigenvalue weighted by atomic mass is 16.2. The molecular formula is C19H26N4O3. The van der Waals surface area contributed by atoms with E-state index in [9.17, 15) is 14.4 Å². The van der Waals surface area contributed by atoms with E-state index in [0.29, 0.717) is 37.6 Å². The number of aromatic nitrogens is 1. The van der Waals surface area contributed by atoms with E-state index in [0.717, 1.165) is 50.6 Å². The van der Waals surface area contributed by atoms with Crippen molar-refractivity contribution in [1.29, 1.82) is 0 Å². The summed E-state index contributed by atoms with van der Waals surface area (Å²) in [5.74, 6) is 1.05. The van der Waals surface area contributed by atoms with Crippen molar-refractivity contribution in [3.8, 4) is 0 Å². The Labute approximate surface area is 152 Å². The van der Waals surface area contributed by atoms with Crippen molar-refractivity contribution in [1.82, 2.24) is 14.8 Å². The Hall–Kier alpha value is -2.31. The fourth-order valence-corrected chi connectivity index (χ4v) is 4.09. The lowest BCUT2D eigenvalue weighted by Gasteiger charge is -2.31. The fraction of sp³-hybridized carbons (Fsp3) is 0.632. The molecule has 7 nitrogen and oxygen atoms in total. The van der Waals surface area contributed by atoms with Crippen LogP contribution in [0, 0.1) is 5.92 Å². The first-order valence-corrected chi connectivity index (χ1v) is 9.71. The van der Waals surface area contributed by atoms with Crippen LogP contribution in [-0.2, 0) is 11.2 Å². The largest absolute Gasteiger partial charge is 0.371 e. The van der Waals surface area contributed by atoms with E-state index < -0.39 is 0 Å². The summed E-state index contributed by atoms with van der Waals surface area (Å²) in [7, 11) is 0. The van der Waals surface area contributed by atoms with Crippen LogP contribution in [0.4, 0.5) is 5.82 Å². The van der Waals surface area contributed by atoms with Gasteiger partial charge in [-0.3, -0.25) is 14.4 Å². The molecular weight excluding hydrogens is 332 g/mol. The molecule has 3 heterocycles. The SMILES string of the molecule is O=C(c1cc(=O)[nH]c2c1CCCN2)N1CCCN(C(=O)C2CCC2)CC1. The molecule has 140 valence electrons. The molecule has 1 saturated heterocycles. The summed E-state index contributed by atoms with van der Waals surface area (Å²) in [6, 6.07) is 1.43. The maximum absolute atomic E-state index is 13.1. The van der Waals surface area contributed by atoms with Gasteiger partial charge in [0, 0.05) is 50.3 Å². The van der Waals surface area contributed by atoms with Gasteiger partial charge in [-0.25, -0.2) is 0 Å². The number of anilines is 1. The number of amides is 2. The molecule has 7 heteroatoms. The summed E-state index contributed by atoms with van der Waals surface area (Å²) < 4.78 is 0. The first kappa shape index (κ1) is 17.1. The molecule has 1 aromatic rings. The molecule has 1 saturated carbocycles. The zero-order valence-electron chi connectivity index (χ0n) is 15.1. The Morgan fingerprint density at radius 1 is 1.00 bits per heavy atom. The molecule has 2 fully saturated rings. The van der Waals surface area contributed by atoms with Gasteiger partial charge in [0.25, 0.3) is 5.91 Å². The molecule has 1 aliphatic carbocycles. The van der Waals surface area contributed by atoms with Gasteiger partial charge in [0.05, 0.1) is 5.56 Å². The minimum Gasteiger partial charge on any atom is -0.371 e. The highest BCUT2D eigenvalue weighted by molar-refractivity contribution is 5.97. The number of carbonyl (C=O) groups is 2. The molecule has 2 amide bonds. The molecule has 0 aromatic carbocycles. The van der Waals surface area contributed by atoms with E-state index in [2.05, 4.69) is 10.3 Å². The number of nitrogens with zero attached hydrogens (tertiary/aromatic N) is 2. The number of H-pyrrole nitrogens is 1. The smallest absolute Gasteiger partial charge is 0.254 e. The zero-order valence-corrected chi connectivity index (χ0v) is 15.1. The van der Waals surface area contributed by atoms with Crippen LogP contribution < -0.4 is 10.9 Å². The predicted molar refractivity (Wildman–Crippen MR) is 98.3 cm³/mol. The molecule has 0 spiro atoms. The van der Waals surface area contributed by atoms with Gasteiger partial charge in [-0.05, 0) is 32.1 Å². The van der Waals surface area contributed by atoms with E-state index >= 15 is 0 Å². The van der Waals surface area contributed by atoms with Gasteiger partial charge >= 0.3 is 0 Å². The van der Waals surface area contributed by atoms with E-state index in [4.69, 9.17) is 0 Å². The van der Waals surface area contributed by atoms with Crippen LogP contribution in [0.1, 0.15) is 48.0 Å². The van der Waals surface area contributed by atoms with Crippen LogP contribution >= 0.6 is 0 Å². The van der Waals surface area contributed by atoms with E-state index in [1.54, 1.807) is 4.90 Å². The number of aromatic amines is 1. The third-order valence-electron chi connectivity index (χ3n) is 5.84. The quantitative estimate of drug-likeness (QED) is 0.832. The second-order valence-electron chi connectivity index (χ2n) is 7.53. The lowest BCUT2D eigenvalue weighted by molar-refractivity contribution is -0.138. The summed E-state index contributed by atoms with van der Waals surface area (Å²) >= 11 is 0. The number of rotatable bonds is 2. The Morgan fingerprint density at radius 3 is 2.54 bits per heavy atom. The van der Waals surface area contributed by atoms with Crippen LogP contribution in [0.15, 0.2) is 10.9 Å². The number of nitrogens with one attached hydrogen (secondary N) is 2. The fourth-order valence-electron chi connectivity index (χ4n) is 4.09. The maximum Gasteiger partial charge on any atom is 0.254 e. The van der Waals surface area contributed by atoms with Gasteiger partial charge in [-0.1, -0.05) is 6.42 Å². The maximum atomic E-state index is 13.1. The second-order valence-corrected chi connectivity index (χ2v) is 7.53. The molecule has 0 bridgehead atoms. The van der Waals surface area contributed by atoms with Crippen molar-refractivity contribution >= 4 is 17.6 Å². The Balaban J connectivity index is 1.49. The normalized spacial score (nSPS) is 20.6. The van der Waals surface area contributed by atoms with Crippen molar-refractivity contribution < 1.29 is 9.59 Å². The van der Waals surface area contributed by atoms with Gasteiger partial charge in [-0.2, -0.15) is 0 Å². The van der Waals surface area contributed by atoms with Crippen molar-refractivity contribution in [3.05, 3.63) is 27.5 Å². The van der Waals surface area contributed by atoms with Crippen LogP contribution in [0.2, 0.25) is 0 Å². The molecule has 0 atom stereocenters. The standard InChI is InChI=1S/C19H26N4O3/c24-16-12-15(14-6-2-7-20-17(14)21-16)19(26)23-9-3-8-22(10-11-23)18(25)13-4-1-5-13/h12-13H,1-11H2,(H2,20,21,24). The van der Waals surface area contributed by atoms with Crippen LogP contribution in [0.5, 0.6) is 0 Å². The Kier molecular flexibility index (Phi) is 4.70. The minimum absolute atomic E-state index is 0.0889. The highest BCUT2D eigenvalue weighted by Gasteiger charge is 2.31. The van der Waals surface area contributed by atoms with Crippen molar-refractivity contribution in [2.45, 2.75) is 38.5 Å². The van der Waals surface area contributed by atoms with Crippen molar-refractivity contribution in [2.75, 3.05) is 38.0 Å². The van der Waals surface area contributed by atoms with Crippen LogP contribution in [0.3, 0.4) is 0 Å². The number of carbonyl (C=O) groups excluding carboxylic acids is 2. The Bertz CT molecular complexity index is 769. The molecule has 3 aliphatic rings. The molecule has 2 aliphatic heterocycles. The predicted octanol–water partition coefficient (Wildman–Crippen LogP) is 1.21. The lowest BCUT2D eigenvalue weighted by atomic mass is 9.84. The summed E-state index contributed by atoms with van der Waals surface area (Å²) in [6.07, 6.45) is 5.68. The molecule has 26 heavy (non-hydrogen) atoms. The number of hydrogen-bond acceptors (Lipinski definition) is 4. The van der Waals surface area contributed by atoms with Gasteiger partial charge in [0.1, 0.15) is 5.82 Å². The number of fused-ring (bicyclic) bond motifs is 1. The lowest BCUT2D eigenvalue weighted by Crippen LogP contribution is -2.42. The van der Waals surface area contributed by atoms with Gasteiger partial charge in [0.2, 0.25) is 11.5 Å². The van der Waals surface area contributed by atoms with Crippen molar-refractivity contribution in [2.24, 2.45) is 5.92 Å². The molecule has 0 unspecified atom stereocenters. The first-order chi connectivity index (χ1) is 12.6. The summed E-state index contributed by atoms with van der Waals surface area (Å²) in [6.45, 7) is 3.27. The van der Waals surface area contributed by atoms with Gasteiger partial charge in [-0.15, -0.1) is 0 Å². The summed E-state index contributed by atoms with van der Waals surface area (Å²) in [5, 5.41) is 3.18. The zero-order chi connectivity index (χ0) is 18.1. The topological polar surface area (TPSA) is 85.5 Å². The van der Waals surface area contributed by atoms with E-state index in [1.807, 2.05) is 4.90 Å². The van der Waals surface area contributed by atoms with E-state index in [-0.39, 0.29) is 23.3 Å². The second kappa shape index (κ2) is 7.13. The third-order valence-corrected chi connectivity index (χ3v) is 5.84. The highest BCUT2D eigenvalue weighted by Crippen LogP contribution is 2.29. The first-order valence-electron chi connectivity index (χ1n) is 9.71. The summed E-state index contributed by atoms with van der Waals surface area (Å²) in [4.78, 5) is 44.1. The van der Waals surface area contributed by atoms with Crippen LogP contribution in [-0.4, -0.2) is 59.3 Å².